The van der Waals surface area contributed by atoms with E-state index in [4.69, 9.17) is 0 Å². The molecule has 0 spiro atoms. The second-order valence-electron chi connectivity index (χ2n) is 9.78. The average Bonchev–Trinajstić information content (AvgIpc) is 3.39. The van der Waals surface area contributed by atoms with Crippen molar-refractivity contribution in [1.82, 2.24) is 15.5 Å². The Morgan fingerprint density at radius 2 is 1.83 bits per heavy atom. The number of carbonyl (C=O) groups excluding carboxylic acids is 3. The molecule has 4 rings (SSSR count). The monoisotopic (exact) mass is 479 g/mol. The largest absolute Gasteiger partial charge is 0.341 e. The van der Waals surface area contributed by atoms with Crippen LogP contribution in [0.2, 0.25) is 0 Å². The van der Waals surface area contributed by atoms with Gasteiger partial charge in [-0.1, -0.05) is 56.3 Å². The summed E-state index contributed by atoms with van der Waals surface area (Å²) in [5, 5.41) is 6.07. The summed E-state index contributed by atoms with van der Waals surface area (Å²) in [4.78, 5) is 40.7. The van der Waals surface area contributed by atoms with Gasteiger partial charge in [-0.2, -0.15) is 0 Å². The topological polar surface area (TPSA) is 78.5 Å². The normalized spacial score (nSPS) is 19.1. The van der Waals surface area contributed by atoms with Crippen molar-refractivity contribution in [2.45, 2.75) is 64.0 Å². The number of likely N-dealkylation sites (tertiary alicyclic amines) is 1. The van der Waals surface area contributed by atoms with E-state index in [1.165, 1.54) is 0 Å². The molecule has 186 valence electrons. The van der Waals surface area contributed by atoms with Gasteiger partial charge in [0.1, 0.15) is 11.9 Å². The zero-order valence-corrected chi connectivity index (χ0v) is 20.5. The molecule has 6 nitrogen and oxygen atoms in total. The highest BCUT2D eigenvalue weighted by Gasteiger charge is 2.33. The van der Waals surface area contributed by atoms with Crippen LogP contribution in [0, 0.1) is 5.82 Å². The fourth-order valence-electron chi connectivity index (χ4n) is 4.98. The third kappa shape index (κ3) is 5.61. The molecule has 0 aromatic heterocycles. The Kier molecular flexibility index (Phi) is 7.96. The van der Waals surface area contributed by atoms with E-state index in [1.54, 1.807) is 17.0 Å². The van der Waals surface area contributed by atoms with Crippen LogP contribution < -0.4 is 10.6 Å². The molecule has 0 aliphatic carbocycles. The predicted molar refractivity (Wildman–Crippen MR) is 133 cm³/mol. The minimum Gasteiger partial charge on any atom is -0.341 e. The molecule has 2 fully saturated rings. The SMILES string of the molecule is CC(C)c1ccc(C(NC(=O)C2CCCN2)C(=O)CN2CCCCC2=O)c(-c2ccccc2)c1F. The molecule has 0 bridgehead atoms. The molecule has 7 heteroatoms. The van der Waals surface area contributed by atoms with Crippen molar-refractivity contribution in [3.8, 4) is 11.1 Å². The quantitative estimate of drug-likeness (QED) is 0.597. The second kappa shape index (κ2) is 11.1. The lowest BCUT2D eigenvalue weighted by molar-refractivity contribution is -0.138. The van der Waals surface area contributed by atoms with Crippen LogP contribution in [0.15, 0.2) is 42.5 Å². The molecule has 2 atom stereocenters. The molecular formula is C28H34FN3O3. The van der Waals surface area contributed by atoms with Gasteiger partial charge >= 0.3 is 0 Å². The molecule has 2 amide bonds. The van der Waals surface area contributed by atoms with Crippen molar-refractivity contribution in [1.29, 1.82) is 0 Å². The highest BCUT2D eigenvalue weighted by atomic mass is 19.1. The van der Waals surface area contributed by atoms with Crippen molar-refractivity contribution in [3.63, 3.8) is 0 Å². The number of carbonyl (C=O) groups is 3. The molecule has 2 aliphatic rings. The van der Waals surface area contributed by atoms with Crippen molar-refractivity contribution in [3.05, 3.63) is 59.4 Å². The third-order valence-corrected chi connectivity index (χ3v) is 6.95. The lowest BCUT2D eigenvalue weighted by Crippen LogP contribution is -2.47. The molecule has 2 aromatic carbocycles. The van der Waals surface area contributed by atoms with Gasteiger partial charge in [-0.05, 0) is 54.8 Å². The number of hydrogen-bond donors (Lipinski definition) is 2. The van der Waals surface area contributed by atoms with E-state index in [0.29, 0.717) is 41.6 Å². The highest BCUT2D eigenvalue weighted by molar-refractivity contribution is 5.96. The lowest BCUT2D eigenvalue weighted by atomic mass is 9.87. The van der Waals surface area contributed by atoms with Crippen LogP contribution >= 0.6 is 0 Å². The van der Waals surface area contributed by atoms with Crippen LogP contribution in [0.3, 0.4) is 0 Å². The first-order chi connectivity index (χ1) is 16.9. The van der Waals surface area contributed by atoms with Gasteiger partial charge in [0.05, 0.1) is 12.6 Å². The number of halogens is 1. The summed E-state index contributed by atoms with van der Waals surface area (Å²) in [6, 6.07) is 11.1. The summed E-state index contributed by atoms with van der Waals surface area (Å²) in [5.41, 5.74) is 1.93. The molecule has 2 aromatic rings. The number of hydrogen-bond acceptors (Lipinski definition) is 4. The smallest absolute Gasteiger partial charge is 0.237 e. The van der Waals surface area contributed by atoms with E-state index < -0.39 is 6.04 Å². The zero-order chi connectivity index (χ0) is 24.9. The van der Waals surface area contributed by atoms with Gasteiger partial charge in [-0.15, -0.1) is 0 Å². The molecular weight excluding hydrogens is 445 g/mol. The van der Waals surface area contributed by atoms with Crippen molar-refractivity contribution in [2.24, 2.45) is 0 Å². The Balaban J connectivity index is 1.76. The van der Waals surface area contributed by atoms with E-state index in [2.05, 4.69) is 10.6 Å². The summed E-state index contributed by atoms with van der Waals surface area (Å²) in [7, 11) is 0. The van der Waals surface area contributed by atoms with Crippen LogP contribution in [-0.4, -0.2) is 48.2 Å². The molecule has 2 unspecified atom stereocenters. The Morgan fingerprint density at radius 1 is 1.09 bits per heavy atom. The summed E-state index contributed by atoms with van der Waals surface area (Å²) < 4.78 is 16.0. The Morgan fingerprint density at radius 3 is 2.49 bits per heavy atom. The predicted octanol–water partition coefficient (Wildman–Crippen LogP) is 4.11. The van der Waals surface area contributed by atoms with Gasteiger partial charge in [-0.3, -0.25) is 14.4 Å². The minimum absolute atomic E-state index is 0.0519. The van der Waals surface area contributed by atoms with Gasteiger partial charge in [0.15, 0.2) is 5.78 Å². The first-order valence-corrected chi connectivity index (χ1v) is 12.6. The van der Waals surface area contributed by atoms with Gasteiger partial charge in [0.2, 0.25) is 11.8 Å². The molecule has 2 aliphatic heterocycles. The van der Waals surface area contributed by atoms with Crippen LogP contribution in [-0.2, 0) is 14.4 Å². The summed E-state index contributed by atoms with van der Waals surface area (Å²) in [5.74, 6) is -1.09. The standard InChI is InChI=1S/C28H34FN3O3/c1-18(2)20-13-14-21(25(26(20)29)19-9-4-3-5-10-19)27(31-28(35)22-11-8-15-30-22)23(33)17-32-16-7-6-12-24(32)34/h3-5,9-10,13-14,18,22,27,30H,6-8,11-12,15-17H2,1-2H3,(H,31,35). The maximum atomic E-state index is 16.0. The Labute approximate surface area is 206 Å². The Hall–Kier alpha value is -3.06. The van der Waals surface area contributed by atoms with Gasteiger partial charge in [0, 0.05) is 18.5 Å². The molecule has 2 saturated heterocycles. The van der Waals surface area contributed by atoms with Crippen LogP contribution in [0.5, 0.6) is 0 Å². The number of Topliss-reactive ketones (excluding diaryl/α,β-unsaturated/α-hetero) is 1. The number of ketones is 1. The highest BCUT2D eigenvalue weighted by Crippen LogP contribution is 2.36. The molecule has 35 heavy (non-hydrogen) atoms. The van der Waals surface area contributed by atoms with Gasteiger partial charge in [0.25, 0.3) is 0 Å². The Bertz CT molecular complexity index is 1080. The first kappa shape index (κ1) is 25.0. The number of nitrogens with zero attached hydrogens (tertiary/aromatic N) is 1. The number of amides is 2. The van der Waals surface area contributed by atoms with E-state index in [0.717, 1.165) is 25.8 Å². The van der Waals surface area contributed by atoms with E-state index in [9.17, 15) is 14.4 Å². The maximum Gasteiger partial charge on any atom is 0.237 e. The fourth-order valence-corrected chi connectivity index (χ4v) is 4.98. The van der Waals surface area contributed by atoms with E-state index in [1.807, 2.05) is 44.2 Å². The third-order valence-electron chi connectivity index (χ3n) is 6.95. The van der Waals surface area contributed by atoms with Crippen LogP contribution in [0.25, 0.3) is 11.1 Å². The van der Waals surface area contributed by atoms with Crippen LogP contribution in [0.1, 0.15) is 69.0 Å². The number of benzene rings is 2. The lowest BCUT2D eigenvalue weighted by Gasteiger charge is -2.29. The average molecular weight is 480 g/mol. The molecule has 0 saturated carbocycles. The fraction of sp³-hybridized carbons (Fsp3) is 0.464. The second-order valence-corrected chi connectivity index (χ2v) is 9.78. The van der Waals surface area contributed by atoms with E-state index >= 15 is 4.39 Å². The summed E-state index contributed by atoms with van der Waals surface area (Å²) >= 11 is 0. The van der Waals surface area contributed by atoms with Crippen LogP contribution in [0.4, 0.5) is 4.39 Å². The summed E-state index contributed by atoms with van der Waals surface area (Å²) in [6.07, 6.45) is 3.64. The van der Waals surface area contributed by atoms with Crippen molar-refractivity contribution >= 4 is 17.6 Å². The molecule has 2 N–H and O–H groups in total. The molecule has 0 radical (unpaired) electrons. The number of rotatable bonds is 8. The van der Waals surface area contributed by atoms with E-state index in [-0.39, 0.29) is 41.9 Å². The number of nitrogens with one attached hydrogen (secondary N) is 2. The van der Waals surface area contributed by atoms with Crippen molar-refractivity contribution < 1.29 is 18.8 Å². The summed E-state index contributed by atoms with van der Waals surface area (Å²) in [6.45, 7) is 4.99. The zero-order valence-electron chi connectivity index (χ0n) is 20.5. The van der Waals surface area contributed by atoms with Gasteiger partial charge < -0.3 is 15.5 Å². The minimum atomic E-state index is -1.06. The maximum absolute atomic E-state index is 16.0. The first-order valence-electron chi connectivity index (χ1n) is 12.6. The number of piperidine rings is 1. The molecule has 2 heterocycles. The van der Waals surface area contributed by atoms with Crippen molar-refractivity contribution in [2.75, 3.05) is 19.6 Å². The van der Waals surface area contributed by atoms with Gasteiger partial charge in [-0.25, -0.2) is 4.39 Å².